The molecule has 1 amide bonds. The van der Waals surface area contributed by atoms with Crippen molar-refractivity contribution < 1.29 is 4.79 Å². The summed E-state index contributed by atoms with van der Waals surface area (Å²) in [7, 11) is 0. The molecule has 0 aliphatic rings. The van der Waals surface area contributed by atoms with Crippen LogP contribution in [0.25, 0.3) is 0 Å². The molecule has 5 nitrogen and oxygen atoms in total. The Morgan fingerprint density at radius 2 is 2.33 bits per heavy atom. The van der Waals surface area contributed by atoms with Gasteiger partial charge in [0.05, 0.1) is 0 Å². The van der Waals surface area contributed by atoms with Crippen molar-refractivity contribution in [2.24, 2.45) is 5.73 Å². The summed E-state index contributed by atoms with van der Waals surface area (Å²) in [6, 6.07) is 0. The van der Waals surface area contributed by atoms with Crippen LogP contribution in [0.1, 0.15) is 10.5 Å². The van der Waals surface area contributed by atoms with Crippen molar-refractivity contribution in [3.8, 4) is 0 Å². The molecule has 1 aromatic rings. The van der Waals surface area contributed by atoms with Gasteiger partial charge in [0.25, 0.3) is 0 Å². The Kier molecular flexibility index (Phi) is 1.50. The molecule has 1 heterocycles. The fraction of sp³-hybridized carbons (Fsp3) is 0. The summed E-state index contributed by atoms with van der Waals surface area (Å²) in [5.74, 6) is -0.586. The molecule has 0 bridgehead atoms. The summed E-state index contributed by atoms with van der Waals surface area (Å²) >= 11 is 2.53. The maximum atomic E-state index is 10.4. The van der Waals surface area contributed by atoms with E-state index in [-0.39, 0.29) is 5.69 Å². The van der Waals surface area contributed by atoms with Gasteiger partial charge in [0, 0.05) is 0 Å². The van der Waals surface area contributed by atoms with Gasteiger partial charge in [-0.15, -0.1) is 0 Å². The van der Waals surface area contributed by atoms with Crippen molar-refractivity contribution in [3.63, 3.8) is 0 Å². The number of nitrogens with zero attached hydrogens (tertiary/aromatic N) is 2. The molecule has 3 N–H and O–H groups in total. The quantitative estimate of drug-likeness (QED) is 0.488. The molecule has 0 fully saturated rings. The SMILES string of the molecule is NC(=O)c1n[nH]nc1[Se]. The van der Waals surface area contributed by atoms with Crippen molar-refractivity contribution in [2.75, 3.05) is 0 Å². The third kappa shape index (κ3) is 1.09. The van der Waals surface area contributed by atoms with Crippen LogP contribution in [-0.4, -0.2) is 37.3 Å². The molecule has 1 aromatic heterocycles. The first-order chi connectivity index (χ1) is 4.22. The standard InChI is InChI=1S/C3H3N4OSe/c4-2(8)1-3(9)6-7-5-1/h(H2,4,8)(H,5,6,7). The molecular formula is C3H3N4OSe. The Morgan fingerprint density at radius 3 is 2.56 bits per heavy atom. The number of carbonyl (C=O) groups is 1. The van der Waals surface area contributed by atoms with Gasteiger partial charge in [-0.25, -0.2) is 0 Å². The van der Waals surface area contributed by atoms with Gasteiger partial charge in [-0.1, -0.05) is 0 Å². The normalized spacial score (nSPS) is 9.33. The van der Waals surface area contributed by atoms with Crippen LogP contribution in [0.15, 0.2) is 0 Å². The molecule has 0 aliphatic carbocycles. The number of primary amides is 1. The average Bonchev–Trinajstić information content (AvgIpc) is 2.13. The first-order valence-electron chi connectivity index (χ1n) is 2.09. The number of carbonyl (C=O) groups excluding carboxylic acids is 1. The minimum absolute atomic E-state index is 0.148. The van der Waals surface area contributed by atoms with Gasteiger partial charge in [0.1, 0.15) is 0 Å². The predicted molar refractivity (Wildman–Crippen MR) is 30.3 cm³/mol. The molecule has 1 rings (SSSR count). The summed E-state index contributed by atoms with van der Waals surface area (Å²) in [6.07, 6.45) is 0. The van der Waals surface area contributed by atoms with E-state index in [9.17, 15) is 4.79 Å². The molecule has 0 saturated heterocycles. The van der Waals surface area contributed by atoms with Crippen molar-refractivity contribution in [1.29, 1.82) is 0 Å². The molecule has 1 radical (unpaired) electrons. The van der Waals surface area contributed by atoms with Gasteiger partial charge >= 0.3 is 58.1 Å². The Bertz CT molecular complexity index is 231. The van der Waals surface area contributed by atoms with Crippen LogP contribution in [0.3, 0.4) is 0 Å². The second-order valence-corrected chi connectivity index (χ2v) is 2.15. The number of hydrogen-bond acceptors (Lipinski definition) is 3. The summed E-state index contributed by atoms with van der Waals surface area (Å²) in [4.78, 5) is 10.4. The number of rotatable bonds is 1. The van der Waals surface area contributed by atoms with Crippen LogP contribution in [0.5, 0.6) is 0 Å². The number of aromatic amines is 1. The molecular weight excluding hydrogens is 187 g/mol. The summed E-state index contributed by atoms with van der Waals surface area (Å²) < 4.78 is 0.405. The first-order valence-corrected chi connectivity index (χ1v) is 2.95. The fourth-order valence-corrected chi connectivity index (χ4v) is 0.774. The van der Waals surface area contributed by atoms with Crippen molar-refractivity contribution >= 4 is 26.5 Å². The van der Waals surface area contributed by atoms with E-state index < -0.39 is 5.91 Å². The van der Waals surface area contributed by atoms with E-state index in [4.69, 9.17) is 5.73 Å². The van der Waals surface area contributed by atoms with Crippen LogP contribution in [-0.2, 0) is 0 Å². The molecule has 6 heteroatoms. The van der Waals surface area contributed by atoms with Gasteiger partial charge in [-0.3, -0.25) is 0 Å². The van der Waals surface area contributed by atoms with E-state index >= 15 is 0 Å². The average molecular weight is 190 g/mol. The van der Waals surface area contributed by atoms with Crippen LogP contribution in [0, 0.1) is 0 Å². The van der Waals surface area contributed by atoms with E-state index in [1.807, 2.05) is 0 Å². The monoisotopic (exact) mass is 191 g/mol. The maximum absolute atomic E-state index is 10.4. The van der Waals surface area contributed by atoms with E-state index in [1.54, 1.807) is 0 Å². The zero-order valence-corrected chi connectivity index (χ0v) is 6.00. The molecule has 0 spiro atoms. The van der Waals surface area contributed by atoms with Crippen LogP contribution in [0.2, 0.25) is 0 Å². The van der Waals surface area contributed by atoms with E-state index in [2.05, 4.69) is 31.4 Å². The molecule has 0 aliphatic heterocycles. The molecule has 0 saturated carbocycles. The third-order valence-corrected chi connectivity index (χ3v) is 1.35. The number of amides is 1. The first kappa shape index (κ1) is 6.25. The van der Waals surface area contributed by atoms with Crippen molar-refractivity contribution in [2.45, 2.75) is 0 Å². The Balaban J connectivity index is 3.08. The molecule has 0 atom stereocenters. The number of aromatic nitrogens is 3. The van der Waals surface area contributed by atoms with E-state index in [0.29, 0.717) is 4.59 Å². The molecule has 0 aromatic carbocycles. The zero-order chi connectivity index (χ0) is 6.85. The second-order valence-electron chi connectivity index (χ2n) is 1.34. The van der Waals surface area contributed by atoms with Crippen LogP contribution < -0.4 is 10.3 Å². The number of hydrogen-bond donors (Lipinski definition) is 2. The summed E-state index contributed by atoms with van der Waals surface area (Å²) in [6.45, 7) is 0. The summed E-state index contributed by atoms with van der Waals surface area (Å²) in [5, 5.41) is 9.27. The van der Waals surface area contributed by atoms with Gasteiger partial charge in [-0.2, -0.15) is 0 Å². The van der Waals surface area contributed by atoms with E-state index in [0.717, 1.165) is 0 Å². The Hall–Kier alpha value is -0.871. The number of nitrogens with two attached hydrogens (primary N) is 1. The molecule has 47 valence electrons. The van der Waals surface area contributed by atoms with Gasteiger partial charge in [0.15, 0.2) is 0 Å². The Morgan fingerprint density at radius 1 is 1.67 bits per heavy atom. The van der Waals surface area contributed by atoms with Crippen LogP contribution >= 0.6 is 0 Å². The van der Waals surface area contributed by atoms with Gasteiger partial charge in [0.2, 0.25) is 0 Å². The zero-order valence-electron chi connectivity index (χ0n) is 4.29. The fourth-order valence-electron chi connectivity index (χ4n) is 0.382. The van der Waals surface area contributed by atoms with E-state index in [1.165, 1.54) is 0 Å². The van der Waals surface area contributed by atoms with Gasteiger partial charge in [-0.05, 0) is 0 Å². The minimum atomic E-state index is -0.586. The van der Waals surface area contributed by atoms with Crippen molar-refractivity contribution in [1.82, 2.24) is 15.4 Å². The van der Waals surface area contributed by atoms with Gasteiger partial charge < -0.3 is 0 Å². The van der Waals surface area contributed by atoms with Crippen LogP contribution in [0.4, 0.5) is 0 Å². The molecule has 9 heavy (non-hydrogen) atoms. The third-order valence-electron chi connectivity index (χ3n) is 0.749. The number of H-pyrrole nitrogens is 1. The predicted octanol–water partition coefficient (Wildman–Crippen LogP) is -2.30. The topological polar surface area (TPSA) is 84.7 Å². The van der Waals surface area contributed by atoms with Crippen molar-refractivity contribution in [3.05, 3.63) is 5.69 Å². The second kappa shape index (κ2) is 2.16. The summed E-state index contributed by atoms with van der Waals surface area (Å²) in [5.41, 5.74) is 5.03. The Labute approximate surface area is 58.8 Å². The number of nitrogens with one attached hydrogen (secondary N) is 1. The molecule has 0 unspecified atom stereocenters.